The van der Waals surface area contributed by atoms with Crippen LogP contribution in [0.2, 0.25) is 0 Å². The summed E-state index contributed by atoms with van der Waals surface area (Å²) in [5.74, 6) is -0.000811. The third kappa shape index (κ3) is 13.4. The van der Waals surface area contributed by atoms with Crippen LogP contribution in [0.1, 0.15) is 59.4 Å². The summed E-state index contributed by atoms with van der Waals surface area (Å²) in [4.78, 5) is 25.5. The minimum Gasteiger partial charge on any atom is -0.494 e. The van der Waals surface area contributed by atoms with E-state index in [9.17, 15) is 14.7 Å². The average molecular weight is 482 g/mol. The summed E-state index contributed by atoms with van der Waals surface area (Å²) < 4.78 is 22.3. The Balaban J connectivity index is 2.49. The Hall–Kier alpha value is -2.32. The van der Waals surface area contributed by atoms with E-state index >= 15 is 0 Å². The van der Waals surface area contributed by atoms with Gasteiger partial charge in [0.1, 0.15) is 5.75 Å². The highest BCUT2D eigenvalue weighted by Gasteiger charge is 2.20. The molecule has 34 heavy (non-hydrogen) atoms. The van der Waals surface area contributed by atoms with Gasteiger partial charge in [-0.05, 0) is 50.3 Å². The van der Waals surface area contributed by atoms with E-state index in [1.54, 1.807) is 4.90 Å². The van der Waals surface area contributed by atoms with E-state index in [2.05, 4.69) is 6.92 Å². The Morgan fingerprint density at radius 1 is 0.971 bits per heavy atom. The zero-order valence-corrected chi connectivity index (χ0v) is 21.5. The summed E-state index contributed by atoms with van der Waals surface area (Å²) in [5.41, 5.74) is 0.863. The predicted octanol–water partition coefficient (Wildman–Crippen LogP) is 4.79. The average Bonchev–Trinajstić information content (AvgIpc) is 2.78. The molecule has 0 aliphatic rings. The number of hydrogen-bond donors (Lipinski definition) is 1. The summed E-state index contributed by atoms with van der Waals surface area (Å²) in [5, 5.41) is 9.32. The van der Waals surface area contributed by atoms with Crippen molar-refractivity contribution in [2.24, 2.45) is 5.92 Å². The number of nitrogens with zero attached hydrogens (tertiary/aromatic N) is 1. The molecule has 1 atom stereocenters. The lowest BCUT2D eigenvalue weighted by Gasteiger charge is -2.23. The molecule has 0 aliphatic carbocycles. The minimum absolute atomic E-state index is 0.158. The van der Waals surface area contributed by atoms with Crippen LogP contribution in [0.3, 0.4) is 0 Å². The molecular formula is C26H43NO7. The Bertz CT molecular complexity index is 691. The van der Waals surface area contributed by atoms with E-state index in [0.29, 0.717) is 58.1 Å². The first-order valence-corrected chi connectivity index (χ1v) is 12.3. The van der Waals surface area contributed by atoms with E-state index in [1.807, 2.05) is 52.0 Å². The summed E-state index contributed by atoms with van der Waals surface area (Å²) in [7, 11) is 0. The number of unbranched alkanes of at least 4 members (excludes halogenated alkanes) is 1. The molecule has 1 N–H and O–H groups in total. The smallest absolute Gasteiger partial charge is 0.409 e. The molecular weight excluding hydrogens is 438 g/mol. The maximum Gasteiger partial charge on any atom is 0.409 e. The van der Waals surface area contributed by atoms with Gasteiger partial charge in [-0.15, -0.1) is 0 Å². The molecule has 0 aliphatic heterocycles. The van der Waals surface area contributed by atoms with Crippen LogP contribution in [-0.4, -0.2) is 73.8 Å². The van der Waals surface area contributed by atoms with Gasteiger partial charge in [-0.2, -0.15) is 0 Å². The van der Waals surface area contributed by atoms with Crippen LogP contribution >= 0.6 is 0 Å². The molecule has 1 rings (SSSR count). The number of carbonyl (C=O) groups is 2. The van der Waals surface area contributed by atoms with E-state index < -0.39 is 12.1 Å². The lowest BCUT2D eigenvalue weighted by atomic mass is 10.1. The molecule has 0 bridgehead atoms. The molecule has 0 spiro atoms. The van der Waals surface area contributed by atoms with Crippen LogP contribution in [-0.2, 0) is 25.4 Å². The van der Waals surface area contributed by atoms with Crippen LogP contribution in [0.15, 0.2) is 24.3 Å². The van der Waals surface area contributed by atoms with Gasteiger partial charge in [-0.25, -0.2) is 9.59 Å². The molecule has 0 aromatic heterocycles. The van der Waals surface area contributed by atoms with Crippen molar-refractivity contribution < 1.29 is 33.6 Å². The zero-order chi connectivity index (χ0) is 25.3. The normalized spacial score (nSPS) is 12.1. The van der Waals surface area contributed by atoms with Gasteiger partial charge < -0.3 is 29.0 Å². The van der Waals surface area contributed by atoms with Crippen LogP contribution in [0.5, 0.6) is 5.75 Å². The highest BCUT2D eigenvalue weighted by molar-refractivity contribution is 5.72. The van der Waals surface area contributed by atoms with Crippen molar-refractivity contribution in [3.63, 3.8) is 0 Å². The number of hydrogen-bond acceptors (Lipinski definition) is 6. The molecule has 0 radical (unpaired) electrons. The lowest BCUT2D eigenvalue weighted by Crippen LogP contribution is -2.36. The number of amides is 1. The monoisotopic (exact) mass is 481 g/mol. The van der Waals surface area contributed by atoms with Crippen molar-refractivity contribution in [2.75, 3.05) is 39.5 Å². The molecule has 1 unspecified atom stereocenters. The van der Waals surface area contributed by atoms with Crippen molar-refractivity contribution in [1.29, 1.82) is 0 Å². The summed E-state index contributed by atoms with van der Waals surface area (Å²) in [6.07, 6.45) is 1.66. The Morgan fingerprint density at radius 2 is 1.68 bits per heavy atom. The summed E-state index contributed by atoms with van der Waals surface area (Å²) in [6.45, 7) is 12.8. The first-order valence-electron chi connectivity index (χ1n) is 12.3. The van der Waals surface area contributed by atoms with Gasteiger partial charge in [-0.3, -0.25) is 0 Å². The third-order valence-electron chi connectivity index (χ3n) is 4.84. The molecule has 1 aromatic carbocycles. The highest BCUT2D eigenvalue weighted by atomic mass is 16.6. The molecule has 8 nitrogen and oxygen atoms in total. The van der Waals surface area contributed by atoms with Crippen LogP contribution in [0.4, 0.5) is 4.79 Å². The van der Waals surface area contributed by atoms with E-state index in [-0.39, 0.29) is 18.1 Å². The number of carbonyl (C=O) groups excluding carboxylic acids is 1. The molecule has 0 fully saturated rings. The van der Waals surface area contributed by atoms with E-state index in [0.717, 1.165) is 18.4 Å². The second-order valence-electron chi connectivity index (χ2n) is 8.99. The van der Waals surface area contributed by atoms with Crippen molar-refractivity contribution in [2.45, 2.75) is 72.5 Å². The van der Waals surface area contributed by atoms with Gasteiger partial charge in [0.05, 0.1) is 25.9 Å². The van der Waals surface area contributed by atoms with Crippen molar-refractivity contribution in [1.82, 2.24) is 4.90 Å². The second-order valence-corrected chi connectivity index (χ2v) is 8.99. The number of aliphatic carboxylic acids is 1. The molecule has 1 aromatic rings. The molecule has 0 saturated carbocycles. The third-order valence-corrected chi connectivity index (χ3v) is 4.84. The van der Waals surface area contributed by atoms with Crippen molar-refractivity contribution in [3.05, 3.63) is 29.8 Å². The van der Waals surface area contributed by atoms with Crippen molar-refractivity contribution >= 4 is 12.1 Å². The van der Waals surface area contributed by atoms with Gasteiger partial charge in [0.25, 0.3) is 0 Å². The predicted molar refractivity (Wildman–Crippen MR) is 131 cm³/mol. The number of carboxylic acids is 1. The fourth-order valence-electron chi connectivity index (χ4n) is 3.05. The molecule has 194 valence electrons. The number of carboxylic acid groups (broad SMARTS) is 1. The fraction of sp³-hybridized carbons (Fsp3) is 0.692. The van der Waals surface area contributed by atoms with E-state index in [4.69, 9.17) is 18.9 Å². The Morgan fingerprint density at radius 3 is 2.26 bits per heavy atom. The maximum atomic E-state index is 12.4. The van der Waals surface area contributed by atoms with Gasteiger partial charge in [0.2, 0.25) is 0 Å². The van der Waals surface area contributed by atoms with Crippen LogP contribution < -0.4 is 4.74 Å². The fourth-order valence-corrected chi connectivity index (χ4v) is 3.05. The zero-order valence-electron chi connectivity index (χ0n) is 21.5. The van der Waals surface area contributed by atoms with Gasteiger partial charge in [-0.1, -0.05) is 39.3 Å². The summed E-state index contributed by atoms with van der Waals surface area (Å²) in [6, 6.07) is 7.33. The summed E-state index contributed by atoms with van der Waals surface area (Å²) >= 11 is 0. The minimum atomic E-state index is -0.971. The number of rotatable bonds is 18. The first kappa shape index (κ1) is 29.7. The van der Waals surface area contributed by atoms with Gasteiger partial charge >= 0.3 is 12.1 Å². The van der Waals surface area contributed by atoms with Gasteiger partial charge in [0, 0.05) is 26.1 Å². The van der Waals surface area contributed by atoms with Crippen LogP contribution in [0, 0.1) is 5.92 Å². The topological polar surface area (TPSA) is 94.5 Å². The standard InChI is InChI=1S/C26H43NO7/c1-6-7-15-31-17-14-27(26(30)33-19-20(2)3)13-8-16-32-23-11-9-22(10-12-23)18-24(25(28)29)34-21(4)5/h9-12,20-21,24H,6-8,13-19H2,1-5H3,(H,28,29). The van der Waals surface area contributed by atoms with Crippen LogP contribution in [0.25, 0.3) is 0 Å². The van der Waals surface area contributed by atoms with Gasteiger partial charge in [0.15, 0.2) is 6.10 Å². The molecule has 1 amide bonds. The second kappa shape index (κ2) is 17.2. The highest BCUT2D eigenvalue weighted by Crippen LogP contribution is 2.15. The lowest BCUT2D eigenvalue weighted by molar-refractivity contribution is -0.153. The molecule has 0 heterocycles. The number of ether oxygens (including phenoxy) is 4. The first-order chi connectivity index (χ1) is 16.2. The largest absolute Gasteiger partial charge is 0.494 e. The Labute approximate surface area is 204 Å². The molecule has 0 saturated heterocycles. The SMILES string of the molecule is CCCCOCCN(CCCOc1ccc(CC(OC(C)C)C(=O)O)cc1)C(=O)OCC(C)C. The quantitative estimate of drug-likeness (QED) is 0.301. The van der Waals surface area contributed by atoms with E-state index in [1.165, 1.54) is 0 Å². The Kier molecular flexibility index (Phi) is 15.0. The number of benzene rings is 1. The maximum absolute atomic E-state index is 12.4. The van der Waals surface area contributed by atoms with Crippen molar-refractivity contribution in [3.8, 4) is 5.75 Å². The molecule has 8 heteroatoms.